The van der Waals surface area contributed by atoms with Crippen molar-refractivity contribution in [2.45, 2.75) is 11.8 Å². The number of carbonyl (C=O) groups excluding carboxylic acids is 1. The van der Waals surface area contributed by atoms with E-state index in [1.165, 1.54) is 0 Å². The van der Waals surface area contributed by atoms with E-state index in [2.05, 4.69) is 10.3 Å². The molecule has 0 radical (unpaired) electrons. The Morgan fingerprint density at radius 2 is 1.79 bits per heavy atom. The van der Waals surface area contributed by atoms with Crippen LogP contribution in [0.3, 0.4) is 0 Å². The van der Waals surface area contributed by atoms with Gasteiger partial charge in [0.15, 0.2) is 11.5 Å². The summed E-state index contributed by atoms with van der Waals surface area (Å²) in [4.78, 5) is 18.0. The van der Waals surface area contributed by atoms with Crippen molar-refractivity contribution in [1.29, 1.82) is 0 Å². The van der Waals surface area contributed by atoms with Gasteiger partial charge >= 0.3 is 0 Å². The SMILES string of the molecule is CCNC(=O)c1nc(-c2ccc(SC)cc2)oc1-c1ccccc1. The van der Waals surface area contributed by atoms with Crippen LogP contribution in [-0.2, 0) is 0 Å². The zero-order chi connectivity index (χ0) is 16.9. The minimum absolute atomic E-state index is 0.230. The number of hydrogen-bond donors (Lipinski definition) is 1. The number of rotatable bonds is 5. The van der Waals surface area contributed by atoms with Crippen LogP contribution < -0.4 is 5.32 Å². The molecule has 0 fully saturated rings. The molecule has 1 amide bonds. The van der Waals surface area contributed by atoms with Crippen LogP contribution in [0.25, 0.3) is 22.8 Å². The lowest BCUT2D eigenvalue weighted by Crippen LogP contribution is -2.23. The first-order valence-corrected chi connectivity index (χ1v) is 8.94. The molecule has 3 rings (SSSR count). The van der Waals surface area contributed by atoms with Gasteiger partial charge in [-0.15, -0.1) is 11.8 Å². The summed E-state index contributed by atoms with van der Waals surface area (Å²) in [5.74, 6) is 0.709. The number of benzene rings is 2. The summed E-state index contributed by atoms with van der Waals surface area (Å²) in [5.41, 5.74) is 1.99. The average Bonchev–Trinajstić information content (AvgIpc) is 3.08. The van der Waals surface area contributed by atoms with Gasteiger partial charge in [-0.1, -0.05) is 30.3 Å². The fourth-order valence-corrected chi connectivity index (χ4v) is 2.77. The summed E-state index contributed by atoms with van der Waals surface area (Å²) in [6, 6.07) is 17.5. The van der Waals surface area contributed by atoms with Crippen molar-refractivity contribution >= 4 is 17.7 Å². The van der Waals surface area contributed by atoms with Crippen LogP contribution in [0.1, 0.15) is 17.4 Å². The van der Waals surface area contributed by atoms with Gasteiger partial charge in [0.1, 0.15) is 0 Å². The average molecular weight is 338 g/mol. The quantitative estimate of drug-likeness (QED) is 0.697. The number of nitrogens with one attached hydrogen (secondary N) is 1. The number of thioether (sulfide) groups is 1. The van der Waals surface area contributed by atoms with Crippen LogP contribution in [0.15, 0.2) is 63.9 Å². The van der Waals surface area contributed by atoms with Crippen molar-refractivity contribution in [3.63, 3.8) is 0 Å². The largest absolute Gasteiger partial charge is 0.435 e. The van der Waals surface area contributed by atoms with Crippen molar-refractivity contribution in [3.8, 4) is 22.8 Å². The first-order chi connectivity index (χ1) is 11.7. The predicted octanol–water partition coefficient (Wildman–Crippen LogP) is 4.48. The molecule has 2 aromatic carbocycles. The lowest BCUT2D eigenvalue weighted by molar-refractivity contribution is 0.0951. The molecule has 0 saturated carbocycles. The van der Waals surface area contributed by atoms with Crippen molar-refractivity contribution < 1.29 is 9.21 Å². The van der Waals surface area contributed by atoms with Gasteiger partial charge in [-0.3, -0.25) is 4.79 Å². The van der Waals surface area contributed by atoms with Gasteiger partial charge < -0.3 is 9.73 Å². The van der Waals surface area contributed by atoms with E-state index in [4.69, 9.17) is 4.42 Å². The highest BCUT2D eigenvalue weighted by atomic mass is 32.2. The van der Waals surface area contributed by atoms with Crippen LogP contribution in [0, 0.1) is 0 Å². The first kappa shape index (κ1) is 16.3. The van der Waals surface area contributed by atoms with Gasteiger partial charge in [0.05, 0.1) is 0 Å². The smallest absolute Gasteiger partial charge is 0.273 e. The number of carbonyl (C=O) groups is 1. The van der Waals surface area contributed by atoms with Gasteiger partial charge in [0, 0.05) is 22.6 Å². The van der Waals surface area contributed by atoms with Crippen LogP contribution in [0.5, 0.6) is 0 Å². The molecule has 1 N–H and O–H groups in total. The van der Waals surface area contributed by atoms with E-state index < -0.39 is 0 Å². The molecule has 4 nitrogen and oxygen atoms in total. The van der Waals surface area contributed by atoms with E-state index in [1.54, 1.807) is 11.8 Å². The highest BCUT2D eigenvalue weighted by molar-refractivity contribution is 7.98. The molecular formula is C19H18N2O2S. The number of oxazole rings is 1. The summed E-state index contributed by atoms with van der Waals surface area (Å²) in [5, 5.41) is 2.79. The summed E-state index contributed by atoms with van der Waals surface area (Å²) < 4.78 is 5.95. The lowest BCUT2D eigenvalue weighted by Gasteiger charge is -2.01. The molecule has 0 atom stereocenters. The van der Waals surface area contributed by atoms with Gasteiger partial charge in [-0.05, 0) is 37.4 Å². The van der Waals surface area contributed by atoms with Crippen molar-refractivity contribution in [2.24, 2.45) is 0 Å². The van der Waals surface area contributed by atoms with Crippen LogP contribution >= 0.6 is 11.8 Å². The Labute approximate surface area is 145 Å². The van der Waals surface area contributed by atoms with Gasteiger partial charge in [0.2, 0.25) is 5.89 Å². The van der Waals surface area contributed by atoms with E-state index in [0.717, 1.165) is 16.0 Å². The second-order valence-electron chi connectivity index (χ2n) is 5.15. The van der Waals surface area contributed by atoms with E-state index in [0.29, 0.717) is 23.9 Å². The number of nitrogens with zero attached hydrogens (tertiary/aromatic N) is 1. The minimum atomic E-state index is -0.230. The minimum Gasteiger partial charge on any atom is -0.435 e. The fourth-order valence-electron chi connectivity index (χ4n) is 2.36. The highest BCUT2D eigenvalue weighted by Gasteiger charge is 2.21. The standard InChI is InChI=1S/C19H18N2O2S/c1-3-20-18(22)16-17(13-7-5-4-6-8-13)23-19(21-16)14-9-11-15(24-2)12-10-14/h4-12H,3H2,1-2H3,(H,20,22). The highest BCUT2D eigenvalue weighted by Crippen LogP contribution is 2.30. The lowest BCUT2D eigenvalue weighted by atomic mass is 10.1. The molecule has 1 heterocycles. The van der Waals surface area contributed by atoms with Crippen LogP contribution in [-0.4, -0.2) is 23.7 Å². The van der Waals surface area contributed by atoms with E-state index in [1.807, 2.05) is 67.8 Å². The molecule has 1 aromatic heterocycles. The molecular weight excluding hydrogens is 320 g/mol. The van der Waals surface area contributed by atoms with Gasteiger partial charge in [0.25, 0.3) is 5.91 Å². The third kappa shape index (κ3) is 3.36. The Morgan fingerprint density at radius 3 is 2.42 bits per heavy atom. The molecule has 0 aliphatic heterocycles. The molecule has 0 saturated heterocycles. The zero-order valence-electron chi connectivity index (χ0n) is 13.6. The molecule has 5 heteroatoms. The Kier molecular flexibility index (Phi) is 5.01. The topological polar surface area (TPSA) is 55.1 Å². The Morgan fingerprint density at radius 1 is 1.08 bits per heavy atom. The van der Waals surface area contributed by atoms with Crippen LogP contribution in [0.2, 0.25) is 0 Å². The summed E-state index contributed by atoms with van der Waals surface area (Å²) >= 11 is 1.67. The van der Waals surface area contributed by atoms with Gasteiger partial charge in [-0.25, -0.2) is 4.98 Å². The Hall–Kier alpha value is -2.53. The van der Waals surface area contributed by atoms with Crippen molar-refractivity contribution in [1.82, 2.24) is 10.3 Å². The predicted molar refractivity (Wildman–Crippen MR) is 97.2 cm³/mol. The third-order valence-corrected chi connectivity index (χ3v) is 4.30. The Bertz CT molecular complexity index is 826. The maximum Gasteiger partial charge on any atom is 0.273 e. The number of hydrogen-bond acceptors (Lipinski definition) is 4. The van der Waals surface area contributed by atoms with E-state index >= 15 is 0 Å². The van der Waals surface area contributed by atoms with E-state index in [9.17, 15) is 4.79 Å². The number of amides is 1. The monoisotopic (exact) mass is 338 g/mol. The molecule has 122 valence electrons. The van der Waals surface area contributed by atoms with Crippen LogP contribution in [0.4, 0.5) is 0 Å². The summed E-state index contributed by atoms with van der Waals surface area (Å²) in [6.07, 6.45) is 2.03. The maximum atomic E-state index is 12.3. The van der Waals surface area contributed by atoms with Crippen molar-refractivity contribution in [2.75, 3.05) is 12.8 Å². The molecule has 0 spiro atoms. The molecule has 24 heavy (non-hydrogen) atoms. The first-order valence-electron chi connectivity index (χ1n) is 7.71. The normalized spacial score (nSPS) is 10.6. The maximum absolute atomic E-state index is 12.3. The second kappa shape index (κ2) is 7.36. The fraction of sp³-hybridized carbons (Fsp3) is 0.158. The zero-order valence-corrected chi connectivity index (χ0v) is 14.4. The second-order valence-corrected chi connectivity index (χ2v) is 6.03. The third-order valence-electron chi connectivity index (χ3n) is 3.55. The molecule has 0 aliphatic rings. The molecule has 0 aliphatic carbocycles. The van der Waals surface area contributed by atoms with E-state index in [-0.39, 0.29) is 5.91 Å². The summed E-state index contributed by atoms with van der Waals surface area (Å²) in [7, 11) is 0. The molecule has 3 aromatic rings. The van der Waals surface area contributed by atoms with Gasteiger partial charge in [-0.2, -0.15) is 0 Å². The number of aromatic nitrogens is 1. The summed E-state index contributed by atoms with van der Waals surface area (Å²) in [6.45, 7) is 2.42. The molecule has 0 unspecified atom stereocenters. The Balaban J connectivity index is 2.06. The van der Waals surface area contributed by atoms with Crippen molar-refractivity contribution in [3.05, 3.63) is 60.3 Å². The molecule has 0 bridgehead atoms.